The first-order chi connectivity index (χ1) is 14.7. The maximum atomic E-state index is 12.2. The van der Waals surface area contributed by atoms with E-state index >= 15 is 0 Å². The average Bonchev–Trinajstić information content (AvgIpc) is 2.79. The van der Waals surface area contributed by atoms with Crippen LogP contribution in [0.25, 0.3) is 49.2 Å². The lowest BCUT2D eigenvalue weighted by atomic mass is 9.88. The molecule has 0 unspecified atom stereocenters. The van der Waals surface area contributed by atoms with Gasteiger partial charge in [-0.25, -0.2) is 4.79 Å². The second-order valence-corrected chi connectivity index (χ2v) is 7.20. The van der Waals surface area contributed by atoms with Gasteiger partial charge >= 0.3 is 5.97 Å². The Kier molecular flexibility index (Phi) is 4.19. The standard InChI is InChI=1S/C27H17NO2/c1-2-14-30-27(29)19(16-28)15-18-12-13-24-22-10-4-7-17-6-3-9-21(25(17)22)23-11-5-8-20(18)26(23)24/h2-13,15H,1,14H2/b19-15+. The van der Waals surface area contributed by atoms with Crippen LogP contribution in [0.15, 0.2) is 85.0 Å². The summed E-state index contributed by atoms with van der Waals surface area (Å²) in [6, 6.07) is 24.9. The van der Waals surface area contributed by atoms with E-state index < -0.39 is 5.97 Å². The van der Waals surface area contributed by atoms with Gasteiger partial charge in [0.25, 0.3) is 0 Å². The van der Waals surface area contributed by atoms with Crippen molar-refractivity contribution in [3.63, 3.8) is 0 Å². The Bertz CT molecular complexity index is 1490. The first-order valence-corrected chi connectivity index (χ1v) is 9.71. The molecule has 3 heteroatoms. The van der Waals surface area contributed by atoms with Crippen LogP contribution in [0.1, 0.15) is 5.56 Å². The summed E-state index contributed by atoms with van der Waals surface area (Å²) in [6.07, 6.45) is 3.09. The molecule has 0 radical (unpaired) electrons. The highest BCUT2D eigenvalue weighted by molar-refractivity contribution is 6.33. The van der Waals surface area contributed by atoms with Gasteiger partial charge in [-0.1, -0.05) is 79.4 Å². The number of nitriles is 1. The van der Waals surface area contributed by atoms with Crippen LogP contribution in [0, 0.1) is 11.3 Å². The van der Waals surface area contributed by atoms with Gasteiger partial charge in [-0.15, -0.1) is 0 Å². The quantitative estimate of drug-likeness (QED) is 0.0898. The number of nitrogens with zero attached hydrogens (tertiary/aromatic N) is 1. The number of fused-ring (bicyclic) bond motifs is 2. The number of rotatable bonds is 4. The normalized spacial score (nSPS) is 11.9. The van der Waals surface area contributed by atoms with Gasteiger partial charge in [-0.05, 0) is 54.7 Å². The molecule has 0 aromatic heterocycles. The van der Waals surface area contributed by atoms with Crippen LogP contribution in [0.5, 0.6) is 0 Å². The molecule has 0 saturated carbocycles. The zero-order chi connectivity index (χ0) is 20.7. The lowest BCUT2D eigenvalue weighted by Gasteiger charge is -2.15. The van der Waals surface area contributed by atoms with Crippen LogP contribution in [-0.2, 0) is 9.53 Å². The van der Waals surface area contributed by atoms with Crippen molar-refractivity contribution in [3.8, 4) is 6.07 Å². The molecule has 30 heavy (non-hydrogen) atoms. The number of esters is 1. The molecule has 0 atom stereocenters. The van der Waals surface area contributed by atoms with E-state index in [4.69, 9.17) is 4.74 Å². The Labute approximate surface area is 173 Å². The van der Waals surface area contributed by atoms with Gasteiger partial charge in [-0.3, -0.25) is 0 Å². The third-order valence-corrected chi connectivity index (χ3v) is 5.53. The van der Waals surface area contributed by atoms with E-state index in [2.05, 4.69) is 55.1 Å². The molecule has 142 valence electrons. The predicted octanol–water partition coefficient (Wildman–Crippen LogP) is 6.37. The van der Waals surface area contributed by atoms with Gasteiger partial charge in [-0.2, -0.15) is 5.26 Å². The van der Waals surface area contributed by atoms with Gasteiger partial charge in [0.15, 0.2) is 0 Å². The molecule has 5 aromatic rings. The highest BCUT2D eigenvalue weighted by Gasteiger charge is 2.15. The van der Waals surface area contributed by atoms with Crippen LogP contribution in [-0.4, -0.2) is 12.6 Å². The van der Waals surface area contributed by atoms with Crippen LogP contribution in [0.4, 0.5) is 0 Å². The molecule has 0 fully saturated rings. The summed E-state index contributed by atoms with van der Waals surface area (Å²) < 4.78 is 5.05. The summed E-state index contributed by atoms with van der Waals surface area (Å²) in [7, 11) is 0. The fourth-order valence-corrected chi connectivity index (χ4v) is 4.30. The molecule has 0 N–H and O–H groups in total. The third-order valence-electron chi connectivity index (χ3n) is 5.53. The maximum Gasteiger partial charge on any atom is 0.349 e. The molecule has 0 bridgehead atoms. The third kappa shape index (κ3) is 2.62. The van der Waals surface area contributed by atoms with Crippen molar-refractivity contribution in [2.75, 3.05) is 6.61 Å². The second-order valence-electron chi connectivity index (χ2n) is 7.20. The summed E-state index contributed by atoms with van der Waals surface area (Å²) in [5, 5.41) is 18.8. The number of carbonyl (C=O) groups is 1. The number of hydrogen-bond acceptors (Lipinski definition) is 3. The summed E-state index contributed by atoms with van der Waals surface area (Å²) >= 11 is 0. The molecule has 3 nitrogen and oxygen atoms in total. The minimum absolute atomic E-state index is 0.0316. The van der Waals surface area contributed by atoms with Gasteiger partial charge in [0, 0.05) is 0 Å². The van der Waals surface area contributed by atoms with Crippen molar-refractivity contribution in [1.82, 2.24) is 0 Å². The van der Waals surface area contributed by atoms with E-state index in [9.17, 15) is 10.1 Å². The first kappa shape index (κ1) is 17.9. The molecular weight excluding hydrogens is 370 g/mol. The van der Waals surface area contributed by atoms with E-state index in [1.807, 2.05) is 24.3 Å². The summed E-state index contributed by atoms with van der Waals surface area (Å²) in [5.41, 5.74) is 0.783. The van der Waals surface area contributed by atoms with Crippen molar-refractivity contribution in [1.29, 1.82) is 5.26 Å². The van der Waals surface area contributed by atoms with Crippen LogP contribution >= 0.6 is 0 Å². The molecular formula is C27H17NO2. The van der Waals surface area contributed by atoms with E-state index in [1.54, 1.807) is 6.08 Å². The van der Waals surface area contributed by atoms with E-state index in [-0.39, 0.29) is 12.2 Å². The lowest BCUT2D eigenvalue weighted by molar-refractivity contribution is -0.137. The van der Waals surface area contributed by atoms with Gasteiger partial charge in [0.1, 0.15) is 18.2 Å². The molecule has 0 saturated heterocycles. The fourth-order valence-electron chi connectivity index (χ4n) is 4.30. The Morgan fingerprint density at radius 1 is 0.867 bits per heavy atom. The number of carbonyl (C=O) groups excluding carboxylic acids is 1. The highest BCUT2D eigenvalue weighted by Crippen LogP contribution is 2.41. The molecule has 0 aliphatic carbocycles. The van der Waals surface area contributed by atoms with Crippen LogP contribution in [0.2, 0.25) is 0 Å². The second kappa shape index (κ2) is 7.02. The van der Waals surface area contributed by atoms with Crippen LogP contribution < -0.4 is 0 Å². The SMILES string of the molecule is C=CCOC(=O)/C(C#N)=C/c1ccc2c3cccc4cccc(c5cccc1c52)c43. The summed E-state index contributed by atoms with van der Waals surface area (Å²) in [6.45, 7) is 3.60. The highest BCUT2D eigenvalue weighted by atomic mass is 16.5. The van der Waals surface area contributed by atoms with E-state index in [0.717, 1.165) is 27.1 Å². The molecule has 5 aromatic carbocycles. The van der Waals surface area contributed by atoms with Crippen molar-refractivity contribution in [2.24, 2.45) is 0 Å². The Balaban J connectivity index is 1.84. The van der Waals surface area contributed by atoms with E-state index in [0.29, 0.717) is 0 Å². The van der Waals surface area contributed by atoms with Crippen molar-refractivity contribution in [2.45, 2.75) is 0 Å². The largest absolute Gasteiger partial charge is 0.457 e. The average molecular weight is 387 g/mol. The smallest absolute Gasteiger partial charge is 0.349 e. The van der Waals surface area contributed by atoms with Gasteiger partial charge in [0.05, 0.1) is 0 Å². The van der Waals surface area contributed by atoms with Crippen LogP contribution in [0.3, 0.4) is 0 Å². The molecule has 0 heterocycles. The Morgan fingerprint density at radius 2 is 1.47 bits per heavy atom. The zero-order valence-corrected chi connectivity index (χ0v) is 16.2. The number of ether oxygens (including phenoxy) is 1. The topological polar surface area (TPSA) is 50.1 Å². The number of hydrogen-bond donors (Lipinski definition) is 0. The zero-order valence-electron chi connectivity index (χ0n) is 16.2. The number of benzene rings is 5. The molecule has 5 rings (SSSR count). The van der Waals surface area contributed by atoms with Gasteiger partial charge < -0.3 is 4.74 Å². The molecule has 0 aliphatic heterocycles. The molecule has 0 spiro atoms. The first-order valence-electron chi connectivity index (χ1n) is 9.71. The molecule has 0 aliphatic rings. The minimum atomic E-state index is -0.645. The maximum absolute atomic E-state index is 12.2. The Hall–Kier alpha value is -4.16. The lowest BCUT2D eigenvalue weighted by Crippen LogP contribution is -2.06. The molecule has 0 amide bonds. The van der Waals surface area contributed by atoms with Gasteiger partial charge in [0.2, 0.25) is 0 Å². The monoisotopic (exact) mass is 387 g/mol. The predicted molar refractivity (Wildman–Crippen MR) is 122 cm³/mol. The Morgan fingerprint density at radius 3 is 2.13 bits per heavy atom. The van der Waals surface area contributed by atoms with Crippen molar-refractivity contribution in [3.05, 3.63) is 90.5 Å². The van der Waals surface area contributed by atoms with E-state index in [1.165, 1.54) is 27.6 Å². The fraction of sp³-hybridized carbons (Fsp3) is 0.0370. The summed E-state index contributed by atoms with van der Waals surface area (Å²) in [5.74, 6) is -0.645. The minimum Gasteiger partial charge on any atom is -0.457 e. The van der Waals surface area contributed by atoms with Crippen molar-refractivity contribution >= 4 is 55.1 Å². The summed E-state index contributed by atoms with van der Waals surface area (Å²) in [4.78, 5) is 12.2. The van der Waals surface area contributed by atoms with Crippen molar-refractivity contribution < 1.29 is 9.53 Å².